The van der Waals surface area contributed by atoms with Crippen molar-refractivity contribution in [3.8, 4) is 5.75 Å². The number of benzene rings is 1. The van der Waals surface area contributed by atoms with E-state index in [4.69, 9.17) is 14.3 Å². The van der Waals surface area contributed by atoms with E-state index >= 15 is 0 Å². The molecule has 0 heterocycles. The van der Waals surface area contributed by atoms with Crippen LogP contribution < -0.4 is 10.2 Å². The zero-order valence-corrected chi connectivity index (χ0v) is 12.6. The van der Waals surface area contributed by atoms with Crippen molar-refractivity contribution >= 4 is 5.70 Å². The van der Waals surface area contributed by atoms with E-state index in [0.717, 1.165) is 30.0 Å². The normalized spacial score (nSPS) is 10.6. The van der Waals surface area contributed by atoms with Crippen molar-refractivity contribution in [2.45, 2.75) is 33.3 Å². The van der Waals surface area contributed by atoms with Crippen LogP contribution in [-0.2, 0) is 9.57 Å². The summed E-state index contributed by atoms with van der Waals surface area (Å²) in [7, 11) is 0. The first kappa shape index (κ1) is 16.5. The molecule has 0 atom stereocenters. The number of hydrogen-bond acceptors (Lipinski definition) is 4. The van der Waals surface area contributed by atoms with E-state index in [0.29, 0.717) is 13.2 Å². The van der Waals surface area contributed by atoms with Crippen LogP contribution in [-0.4, -0.2) is 25.9 Å². The van der Waals surface area contributed by atoms with Crippen molar-refractivity contribution in [3.63, 3.8) is 0 Å². The highest BCUT2D eigenvalue weighted by Gasteiger charge is 2.01. The topological polar surface area (TPSA) is 39.7 Å². The second-order valence-corrected chi connectivity index (χ2v) is 4.73. The van der Waals surface area contributed by atoms with Gasteiger partial charge in [-0.3, -0.25) is 10.3 Å². The van der Waals surface area contributed by atoms with Gasteiger partial charge in [-0.2, -0.15) is 0 Å². The van der Waals surface area contributed by atoms with Crippen LogP contribution in [0.1, 0.15) is 32.8 Å². The van der Waals surface area contributed by atoms with Crippen LogP contribution in [0.5, 0.6) is 5.75 Å². The highest BCUT2D eigenvalue weighted by atomic mass is 16.7. The predicted octanol–water partition coefficient (Wildman–Crippen LogP) is 3.39. The summed E-state index contributed by atoms with van der Waals surface area (Å²) < 4.78 is 10.9. The maximum Gasteiger partial charge on any atom is 0.119 e. The first-order valence-electron chi connectivity index (χ1n) is 7.05. The molecule has 0 amide bonds. The Hall–Kier alpha value is -1.52. The minimum atomic E-state index is 0.175. The number of hydroxylamine groups is 1. The average molecular weight is 279 g/mol. The lowest BCUT2D eigenvalue weighted by Crippen LogP contribution is -2.16. The van der Waals surface area contributed by atoms with Crippen LogP contribution >= 0.6 is 0 Å². The van der Waals surface area contributed by atoms with Crippen LogP contribution in [0.3, 0.4) is 0 Å². The van der Waals surface area contributed by atoms with Gasteiger partial charge in [0, 0.05) is 6.61 Å². The van der Waals surface area contributed by atoms with Crippen molar-refractivity contribution in [2.24, 2.45) is 0 Å². The maximum atomic E-state index is 5.59. The fourth-order valence-corrected chi connectivity index (χ4v) is 1.55. The molecule has 1 aromatic rings. The maximum absolute atomic E-state index is 5.59. The third kappa shape index (κ3) is 6.59. The van der Waals surface area contributed by atoms with Crippen molar-refractivity contribution in [1.82, 2.24) is 5.48 Å². The van der Waals surface area contributed by atoms with E-state index in [1.54, 1.807) is 0 Å². The van der Waals surface area contributed by atoms with E-state index in [-0.39, 0.29) is 6.10 Å². The fraction of sp³-hybridized carbons (Fsp3) is 0.500. The van der Waals surface area contributed by atoms with Gasteiger partial charge in [0.2, 0.25) is 0 Å². The minimum Gasteiger partial charge on any atom is -0.491 e. The molecule has 1 aromatic carbocycles. The van der Waals surface area contributed by atoms with E-state index < -0.39 is 0 Å². The first-order chi connectivity index (χ1) is 9.63. The SMILES string of the molecule is C=C(NOCCOCCC)c1ccc(OC(C)C)cc1. The van der Waals surface area contributed by atoms with Crippen LogP contribution in [0.2, 0.25) is 0 Å². The molecular weight excluding hydrogens is 254 g/mol. The molecule has 0 aliphatic carbocycles. The molecule has 0 radical (unpaired) electrons. The lowest BCUT2D eigenvalue weighted by Gasteiger charge is -2.12. The molecule has 0 aliphatic heterocycles. The predicted molar refractivity (Wildman–Crippen MR) is 81.4 cm³/mol. The third-order valence-electron chi connectivity index (χ3n) is 2.45. The lowest BCUT2D eigenvalue weighted by molar-refractivity contribution is 0.0181. The molecule has 20 heavy (non-hydrogen) atoms. The molecule has 0 saturated heterocycles. The minimum absolute atomic E-state index is 0.175. The van der Waals surface area contributed by atoms with Crippen molar-refractivity contribution in [1.29, 1.82) is 0 Å². The molecule has 112 valence electrons. The molecule has 0 spiro atoms. The van der Waals surface area contributed by atoms with Gasteiger partial charge in [0.25, 0.3) is 0 Å². The van der Waals surface area contributed by atoms with E-state index in [9.17, 15) is 0 Å². The quantitative estimate of drug-likeness (QED) is 0.526. The highest BCUT2D eigenvalue weighted by molar-refractivity contribution is 5.61. The summed E-state index contributed by atoms with van der Waals surface area (Å²) in [5.74, 6) is 0.852. The smallest absolute Gasteiger partial charge is 0.119 e. The summed E-state index contributed by atoms with van der Waals surface area (Å²) in [6.07, 6.45) is 1.19. The Balaban J connectivity index is 2.29. The van der Waals surface area contributed by atoms with Crippen molar-refractivity contribution in [3.05, 3.63) is 36.4 Å². The van der Waals surface area contributed by atoms with E-state index in [2.05, 4.69) is 19.0 Å². The molecule has 0 aromatic heterocycles. The molecule has 0 saturated carbocycles. The fourth-order valence-electron chi connectivity index (χ4n) is 1.55. The summed E-state index contributed by atoms with van der Waals surface area (Å²) >= 11 is 0. The second kappa shape index (κ2) is 9.39. The van der Waals surface area contributed by atoms with Crippen LogP contribution in [0.25, 0.3) is 5.70 Å². The molecule has 1 N–H and O–H groups in total. The van der Waals surface area contributed by atoms with Crippen LogP contribution in [0, 0.1) is 0 Å². The number of nitrogens with one attached hydrogen (secondary N) is 1. The van der Waals surface area contributed by atoms with Crippen LogP contribution in [0.4, 0.5) is 0 Å². The Morgan fingerprint density at radius 1 is 1.15 bits per heavy atom. The second-order valence-electron chi connectivity index (χ2n) is 4.73. The van der Waals surface area contributed by atoms with Gasteiger partial charge >= 0.3 is 0 Å². The van der Waals surface area contributed by atoms with Gasteiger partial charge in [-0.05, 0) is 50.1 Å². The standard InChI is InChI=1S/C16H25NO3/c1-5-10-18-11-12-19-17-14(4)15-6-8-16(9-7-15)20-13(2)3/h6-9,13,17H,4-5,10-12H2,1-3H3. The van der Waals surface area contributed by atoms with Crippen LogP contribution in [0.15, 0.2) is 30.8 Å². The third-order valence-corrected chi connectivity index (χ3v) is 2.45. The van der Waals surface area contributed by atoms with Gasteiger partial charge in [-0.25, -0.2) is 0 Å². The molecule has 0 aliphatic rings. The summed E-state index contributed by atoms with van der Waals surface area (Å²) in [6.45, 7) is 11.9. The summed E-state index contributed by atoms with van der Waals surface area (Å²) in [4.78, 5) is 5.29. The van der Waals surface area contributed by atoms with Gasteiger partial charge in [0.05, 0.1) is 25.0 Å². The average Bonchev–Trinajstić information content (AvgIpc) is 2.42. The Morgan fingerprint density at radius 3 is 2.45 bits per heavy atom. The first-order valence-corrected chi connectivity index (χ1v) is 7.05. The number of ether oxygens (including phenoxy) is 2. The van der Waals surface area contributed by atoms with E-state index in [1.165, 1.54) is 0 Å². The Bertz CT molecular complexity index is 387. The summed E-state index contributed by atoms with van der Waals surface area (Å²) in [5.41, 5.74) is 4.51. The molecule has 0 unspecified atom stereocenters. The van der Waals surface area contributed by atoms with Gasteiger partial charge in [-0.1, -0.05) is 13.5 Å². The number of rotatable bonds is 10. The van der Waals surface area contributed by atoms with Gasteiger partial charge in [0.15, 0.2) is 0 Å². The van der Waals surface area contributed by atoms with Crippen molar-refractivity contribution in [2.75, 3.05) is 19.8 Å². The van der Waals surface area contributed by atoms with Gasteiger partial charge in [-0.15, -0.1) is 0 Å². The van der Waals surface area contributed by atoms with Crippen molar-refractivity contribution < 1.29 is 14.3 Å². The van der Waals surface area contributed by atoms with E-state index in [1.807, 2.05) is 38.1 Å². The Kier molecular flexibility index (Phi) is 7.77. The summed E-state index contributed by atoms with van der Waals surface area (Å²) in [6, 6.07) is 7.74. The molecule has 0 bridgehead atoms. The van der Waals surface area contributed by atoms with Gasteiger partial charge in [0.1, 0.15) is 5.75 Å². The molecule has 0 fully saturated rings. The highest BCUT2D eigenvalue weighted by Crippen LogP contribution is 2.17. The molecule has 4 heteroatoms. The summed E-state index contributed by atoms with van der Waals surface area (Å²) in [5, 5.41) is 0. The Labute approximate surface area is 121 Å². The largest absolute Gasteiger partial charge is 0.491 e. The zero-order valence-electron chi connectivity index (χ0n) is 12.6. The number of hydrogen-bond donors (Lipinski definition) is 1. The molecule has 1 rings (SSSR count). The molecule has 4 nitrogen and oxygen atoms in total. The Morgan fingerprint density at radius 2 is 1.85 bits per heavy atom. The lowest BCUT2D eigenvalue weighted by atomic mass is 10.2. The monoisotopic (exact) mass is 279 g/mol. The molecular formula is C16H25NO3. The van der Waals surface area contributed by atoms with Gasteiger partial charge < -0.3 is 9.47 Å². The zero-order chi connectivity index (χ0) is 14.8.